The summed E-state index contributed by atoms with van der Waals surface area (Å²) in [5.74, 6) is 0.0532. The number of nitrogens with zero attached hydrogens (tertiary/aromatic N) is 5. The molecule has 2 saturated heterocycles. The highest BCUT2D eigenvalue weighted by atomic mass is 32.1. The van der Waals surface area contributed by atoms with Gasteiger partial charge in [0.25, 0.3) is 6.23 Å². The number of imidazole rings is 1. The van der Waals surface area contributed by atoms with Crippen LogP contribution in [0.1, 0.15) is 18.0 Å². The topological polar surface area (TPSA) is 301 Å². The predicted molar refractivity (Wildman–Crippen MR) is 147 cm³/mol. The van der Waals surface area contributed by atoms with Gasteiger partial charge >= 0.3 is 15.6 Å². The zero-order chi connectivity index (χ0) is 32.0. The minimum Gasteiger partial charge on any atom is -0.394 e. The van der Waals surface area contributed by atoms with E-state index in [4.69, 9.17) is 42.2 Å². The second-order valence-electron chi connectivity index (χ2n) is 9.66. The van der Waals surface area contributed by atoms with Gasteiger partial charge in [-0.3, -0.25) is 13.6 Å². The SMILES string of the molecule is NC(=S)c1ccc[n+]([C@@H]2O[C@H](CO)[C@@H](OP(=O)(O)OP(=O)(O)OC[C@H]3O[C@@H](n4cnc5c(N)ncnc54)C(O)[C@@H]3O)[C@H]2O)c1. The van der Waals surface area contributed by atoms with Gasteiger partial charge < -0.3 is 51.2 Å². The van der Waals surface area contributed by atoms with Crippen LogP contribution >= 0.6 is 27.9 Å². The molecule has 20 nitrogen and oxygen atoms in total. The van der Waals surface area contributed by atoms with Crippen LogP contribution in [0.25, 0.3) is 11.2 Å². The number of ether oxygens (including phenoxy) is 2. The Morgan fingerprint density at radius 2 is 1.84 bits per heavy atom. The zero-order valence-corrected chi connectivity index (χ0v) is 24.8. The summed E-state index contributed by atoms with van der Waals surface area (Å²) in [5.41, 5.74) is 12.2. The van der Waals surface area contributed by atoms with Crippen molar-refractivity contribution in [1.29, 1.82) is 0 Å². The van der Waals surface area contributed by atoms with Crippen molar-refractivity contribution in [2.75, 3.05) is 18.9 Å². The Morgan fingerprint density at radius 1 is 1.09 bits per heavy atom. The molecule has 10 atom stereocenters. The lowest BCUT2D eigenvalue weighted by Gasteiger charge is -2.23. The largest absolute Gasteiger partial charge is 0.481 e. The van der Waals surface area contributed by atoms with Crippen LogP contribution in [-0.2, 0) is 32.0 Å². The second kappa shape index (κ2) is 12.7. The zero-order valence-electron chi connectivity index (χ0n) is 22.2. The van der Waals surface area contributed by atoms with Gasteiger partial charge in [0, 0.05) is 6.07 Å². The molecule has 0 spiro atoms. The van der Waals surface area contributed by atoms with E-state index in [1.165, 1.54) is 27.9 Å². The number of aliphatic hydroxyl groups excluding tert-OH is 4. The van der Waals surface area contributed by atoms with Crippen LogP contribution in [0, 0.1) is 0 Å². The summed E-state index contributed by atoms with van der Waals surface area (Å²) in [6.07, 6.45) is -6.73. The normalized spacial score (nSPS) is 31.6. The lowest BCUT2D eigenvalue weighted by molar-refractivity contribution is -0.765. The first-order valence-corrected chi connectivity index (χ1v) is 16.0. The van der Waals surface area contributed by atoms with E-state index in [0.717, 1.165) is 6.33 Å². The minimum absolute atomic E-state index is 0.0424. The molecule has 3 aromatic rings. The quantitative estimate of drug-likeness (QED) is 0.0590. The maximum absolute atomic E-state index is 12.7. The third-order valence-electron chi connectivity index (χ3n) is 6.75. The van der Waals surface area contributed by atoms with Gasteiger partial charge in [0.1, 0.15) is 47.4 Å². The van der Waals surface area contributed by atoms with E-state index in [0.29, 0.717) is 5.56 Å². The van der Waals surface area contributed by atoms with Crippen molar-refractivity contribution in [1.82, 2.24) is 19.5 Å². The smallest absolute Gasteiger partial charge is 0.394 e. The summed E-state index contributed by atoms with van der Waals surface area (Å²) < 4.78 is 53.0. The van der Waals surface area contributed by atoms with E-state index in [9.17, 15) is 39.3 Å². The van der Waals surface area contributed by atoms with Crippen molar-refractivity contribution in [2.24, 2.45) is 5.73 Å². The summed E-state index contributed by atoms with van der Waals surface area (Å²) in [4.78, 5) is 32.3. The molecule has 3 aromatic heterocycles. The lowest BCUT2D eigenvalue weighted by Crippen LogP contribution is -2.46. The number of nitrogen functional groups attached to an aromatic ring is 1. The minimum atomic E-state index is -5.50. The Kier molecular flexibility index (Phi) is 9.44. The molecule has 5 heterocycles. The molecule has 5 rings (SSSR count). The molecule has 0 aromatic carbocycles. The Morgan fingerprint density at radius 3 is 2.55 bits per heavy atom. The summed E-state index contributed by atoms with van der Waals surface area (Å²) in [6.45, 7) is -1.69. The summed E-state index contributed by atoms with van der Waals surface area (Å²) in [6, 6.07) is 3.13. The molecule has 2 aliphatic rings. The van der Waals surface area contributed by atoms with E-state index in [1.807, 2.05) is 0 Å². The van der Waals surface area contributed by atoms with Crippen LogP contribution in [0.15, 0.2) is 37.2 Å². The van der Waals surface area contributed by atoms with Gasteiger partial charge in [0.05, 0.1) is 25.1 Å². The molecule has 44 heavy (non-hydrogen) atoms. The van der Waals surface area contributed by atoms with Crippen LogP contribution in [0.5, 0.6) is 0 Å². The van der Waals surface area contributed by atoms with Gasteiger partial charge in [-0.2, -0.15) is 8.88 Å². The molecule has 240 valence electrons. The number of rotatable bonds is 11. The fourth-order valence-electron chi connectivity index (χ4n) is 4.69. The number of fused-ring (bicyclic) bond motifs is 1. The molecule has 23 heteroatoms. The Balaban J connectivity index is 1.22. The van der Waals surface area contributed by atoms with Crippen molar-refractivity contribution in [3.05, 3.63) is 42.7 Å². The number of pyridine rings is 1. The van der Waals surface area contributed by atoms with Crippen LogP contribution < -0.4 is 16.0 Å². The lowest BCUT2D eigenvalue weighted by atomic mass is 10.1. The highest BCUT2D eigenvalue weighted by Crippen LogP contribution is 2.62. The molecule has 0 amide bonds. The van der Waals surface area contributed by atoms with Crippen LogP contribution in [0.4, 0.5) is 5.82 Å². The molecule has 0 bridgehead atoms. The molecule has 0 radical (unpaired) electrons. The van der Waals surface area contributed by atoms with Crippen molar-refractivity contribution < 1.29 is 66.7 Å². The highest BCUT2D eigenvalue weighted by molar-refractivity contribution is 7.80. The first-order chi connectivity index (χ1) is 20.7. The van der Waals surface area contributed by atoms with Gasteiger partial charge in [-0.15, -0.1) is 0 Å². The first kappa shape index (κ1) is 32.8. The Bertz CT molecular complexity index is 1630. The molecular weight excluding hydrogens is 652 g/mol. The number of aromatic nitrogens is 5. The summed E-state index contributed by atoms with van der Waals surface area (Å²) in [7, 11) is -10.9. The van der Waals surface area contributed by atoms with Crippen LogP contribution in [0.3, 0.4) is 0 Å². The summed E-state index contributed by atoms with van der Waals surface area (Å²) >= 11 is 4.93. The monoisotopic (exact) mass is 680 g/mol. The van der Waals surface area contributed by atoms with Gasteiger partial charge in [-0.25, -0.2) is 24.1 Å². The molecule has 2 aliphatic heterocycles. The van der Waals surface area contributed by atoms with E-state index in [2.05, 4.69) is 19.3 Å². The number of anilines is 1. The fraction of sp³-hybridized carbons (Fsp3) is 0.476. The Hall–Kier alpha value is -2.59. The Labute approximate surface area is 252 Å². The van der Waals surface area contributed by atoms with Gasteiger partial charge in [0.2, 0.25) is 0 Å². The molecule has 0 aliphatic carbocycles. The average molecular weight is 681 g/mol. The second-order valence-corrected chi connectivity index (χ2v) is 13.1. The maximum Gasteiger partial charge on any atom is 0.481 e. The van der Waals surface area contributed by atoms with Gasteiger partial charge in [-0.1, -0.05) is 12.2 Å². The fourth-order valence-corrected chi connectivity index (χ4v) is 7.10. The summed E-state index contributed by atoms with van der Waals surface area (Å²) in [5, 5.41) is 41.5. The third kappa shape index (κ3) is 6.66. The van der Waals surface area contributed by atoms with Crippen LogP contribution in [-0.4, -0.2) is 105 Å². The number of phosphoric ester groups is 2. The van der Waals surface area contributed by atoms with Crippen molar-refractivity contribution in [2.45, 2.75) is 49.1 Å². The number of nitrogens with two attached hydrogens (primary N) is 2. The molecular formula is C21H28N7O13P2S+. The average Bonchev–Trinajstić information content (AvgIpc) is 3.61. The van der Waals surface area contributed by atoms with Gasteiger partial charge in [0.15, 0.2) is 36.2 Å². The molecule has 3 unspecified atom stereocenters. The first-order valence-electron chi connectivity index (χ1n) is 12.6. The van der Waals surface area contributed by atoms with Crippen molar-refractivity contribution in [3.8, 4) is 0 Å². The van der Waals surface area contributed by atoms with E-state index in [-0.39, 0.29) is 22.0 Å². The number of hydrogen-bond donors (Lipinski definition) is 8. The maximum atomic E-state index is 12.7. The van der Waals surface area contributed by atoms with Gasteiger partial charge in [-0.05, 0) is 6.07 Å². The molecule has 10 N–H and O–H groups in total. The van der Waals surface area contributed by atoms with E-state index in [1.54, 1.807) is 12.1 Å². The number of thiocarbonyl (C=S) groups is 1. The number of hydrogen-bond acceptors (Lipinski definition) is 16. The highest BCUT2D eigenvalue weighted by Gasteiger charge is 2.53. The van der Waals surface area contributed by atoms with E-state index >= 15 is 0 Å². The van der Waals surface area contributed by atoms with Crippen molar-refractivity contribution >= 4 is 49.8 Å². The number of phosphoric acid groups is 2. The number of aliphatic hydroxyl groups is 4. The van der Waals surface area contributed by atoms with Crippen molar-refractivity contribution in [3.63, 3.8) is 0 Å². The molecule has 0 saturated carbocycles. The van der Waals surface area contributed by atoms with Crippen LogP contribution in [0.2, 0.25) is 0 Å². The predicted octanol–water partition coefficient (Wildman–Crippen LogP) is -2.48. The third-order valence-corrected chi connectivity index (χ3v) is 9.62. The standard InChI is InChI=1S/C21H27N7O13P2S/c22-17-12-19(25-7-24-17)28(8-26-12)21-14(31)13(30)11(39-21)6-37-42(33,34)41-43(35,36)40-16-10(5-29)38-20(15(16)32)27-3-1-2-9(4-27)18(23)44/h1-4,7-8,10-11,13-16,20-21,29-32H,5-6H2,(H5-,22,23,24,25,33,34,35,36,44)/p+1/t10-,11-,13-,14?,15-,16-,20-,21-/m1/s1. The van der Waals surface area contributed by atoms with E-state index < -0.39 is 77.9 Å². The molecule has 2 fully saturated rings.